The number of ether oxygens (including phenoxy) is 1. The Hall–Kier alpha value is -1.71. The van der Waals surface area contributed by atoms with Crippen molar-refractivity contribution in [1.29, 1.82) is 0 Å². The van der Waals surface area contributed by atoms with Crippen LogP contribution in [0.1, 0.15) is 71.8 Å². The maximum atomic E-state index is 12.4. The van der Waals surface area contributed by atoms with Crippen molar-refractivity contribution >= 4 is 6.03 Å². The molecule has 0 aliphatic carbocycles. The van der Waals surface area contributed by atoms with E-state index in [1.807, 2.05) is 24.0 Å². The summed E-state index contributed by atoms with van der Waals surface area (Å²) in [5, 5.41) is 2.95. The van der Waals surface area contributed by atoms with Gasteiger partial charge in [0.05, 0.1) is 0 Å². The maximum Gasteiger partial charge on any atom is 0.320 e. The molecule has 1 atom stereocenters. The third kappa shape index (κ3) is 7.24. The average molecular weight is 335 g/mol. The summed E-state index contributed by atoms with van der Waals surface area (Å²) in [5.74, 6) is 1.28. The molecule has 136 valence electrons. The van der Waals surface area contributed by atoms with Gasteiger partial charge in [-0.15, -0.1) is 0 Å². The number of hydrogen-bond donors (Lipinski definition) is 1. The molecule has 0 heterocycles. The molecule has 0 bridgehead atoms. The minimum atomic E-state index is -0.354. The largest absolute Gasteiger partial charge is 0.471 e. The van der Waals surface area contributed by atoms with Crippen LogP contribution in [0, 0.1) is 0 Å². The molecule has 1 unspecified atom stereocenters. The Morgan fingerprint density at radius 3 is 2.04 bits per heavy atom. The number of unbranched alkanes of at least 4 members (excludes halogenated alkanes) is 2. The number of benzene rings is 1. The first-order chi connectivity index (χ1) is 11.5. The van der Waals surface area contributed by atoms with Gasteiger partial charge in [-0.25, -0.2) is 4.79 Å². The van der Waals surface area contributed by atoms with Gasteiger partial charge in [0.1, 0.15) is 5.75 Å². The molecule has 1 aromatic carbocycles. The van der Waals surface area contributed by atoms with Gasteiger partial charge in [0.2, 0.25) is 0 Å². The van der Waals surface area contributed by atoms with Crippen molar-refractivity contribution in [3.63, 3.8) is 0 Å². The number of urea groups is 1. The van der Waals surface area contributed by atoms with Gasteiger partial charge in [0.25, 0.3) is 0 Å². The van der Waals surface area contributed by atoms with Crippen molar-refractivity contribution in [3.05, 3.63) is 29.8 Å². The summed E-state index contributed by atoms with van der Waals surface area (Å²) in [7, 11) is 0. The minimum absolute atomic E-state index is 0.0387. The molecular formula is C20H34N2O2. The Bertz CT molecular complexity index is 463. The third-order valence-corrected chi connectivity index (χ3v) is 4.04. The van der Waals surface area contributed by atoms with E-state index in [1.54, 1.807) is 0 Å². The summed E-state index contributed by atoms with van der Waals surface area (Å²) in [4.78, 5) is 14.3. The smallest absolute Gasteiger partial charge is 0.320 e. The Morgan fingerprint density at radius 1 is 1.04 bits per heavy atom. The lowest BCUT2D eigenvalue weighted by atomic mass is 10.0. The molecule has 0 fully saturated rings. The van der Waals surface area contributed by atoms with E-state index < -0.39 is 0 Å². The summed E-state index contributed by atoms with van der Waals surface area (Å²) in [6.07, 6.45) is 3.88. The average Bonchev–Trinajstić information content (AvgIpc) is 2.55. The van der Waals surface area contributed by atoms with Gasteiger partial charge in [-0.05, 0) is 43.4 Å². The number of carbonyl (C=O) groups excluding carboxylic acids is 1. The van der Waals surface area contributed by atoms with Gasteiger partial charge in [-0.1, -0.05) is 52.7 Å². The van der Waals surface area contributed by atoms with Crippen molar-refractivity contribution in [2.75, 3.05) is 13.1 Å². The number of amides is 2. The van der Waals surface area contributed by atoms with Gasteiger partial charge in [-0.3, -0.25) is 0 Å². The molecule has 4 heteroatoms. The summed E-state index contributed by atoms with van der Waals surface area (Å²) < 4.78 is 5.82. The standard InChI is InChI=1S/C20H34N2O2/c1-6-8-14-22(15-9-7-2)20(23)21-17(5)24-19-12-10-18(11-13-19)16(3)4/h10-13,16-17H,6-9,14-15H2,1-5H3,(H,21,23). The second-order valence-electron chi connectivity index (χ2n) is 6.63. The molecule has 0 aliphatic heterocycles. The molecule has 0 saturated heterocycles. The highest BCUT2D eigenvalue weighted by atomic mass is 16.5. The second kappa shape index (κ2) is 11.0. The molecule has 0 radical (unpaired) electrons. The zero-order valence-corrected chi connectivity index (χ0v) is 16.0. The quantitative estimate of drug-likeness (QED) is 0.601. The Balaban J connectivity index is 2.53. The molecule has 0 aromatic heterocycles. The van der Waals surface area contributed by atoms with Crippen LogP contribution in [0.15, 0.2) is 24.3 Å². The van der Waals surface area contributed by atoms with E-state index in [2.05, 4.69) is 45.1 Å². The highest BCUT2D eigenvalue weighted by Crippen LogP contribution is 2.19. The number of rotatable bonds is 10. The molecule has 1 rings (SSSR count). The van der Waals surface area contributed by atoms with Crippen molar-refractivity contribution in [2.45, 2.75) is 72.4 Å². The third-order valence-electron chi connectivity index (χ3n) is 4.04. The van der Waals surface area contributed by atoms with Gasteiger partial charge >= 0.3 is 6.03 Å². The van der Waals surface area contributed by atoms with Crippen LogP contribution in [0.5, 0.6) is 5.75 Å². The Kier molecular flexibility index (Phi) is 9.28. The number of hydrogen-bond acceptors (Lipinski definition) is 2. The Morgan fingerprint density at radius 2 is 1.58 bits per heavy atom. The van der Waals surface area contributed by atoms with Crippen LogP contribution in [0.3, 0.4) is 0 Å². The monoisotopic (exact) mass is 334 g/mol. The van der Waals surface area contributed by atoms with Crippen molar-refractivity contribution in [1.82, 2.24) is 10.2 Å². The normalized spacial score (nSPS) is 12.1. The number of carbonyl (C=O) groups is 1. The van der Waals surface area contributed by atoms with Crippen molar-refractivity contribution in [3.8, 4) is 5.75 Å². The minimum Gasteiger partial charge on any atom is -0.471 e. The highest BCUT2D eigenvalue weighted by molar-refractivity contribution is 5.74. The van der Waals surface area contributed by atoms with E-state index >= 15 is 0 Å². The van der Waals surface area contributed by atoms with Crippen LogP contribution >= 0.6 is 0 Å². The SMILES string of the molecule is CCCCN(CCCC)C(=O)NC(C)Oc1ccc(C(C)C)cc1. The molecule has 2 amide bonds. The van der Waals surface area contributed by atoms with E-state index in [9.17, 15) is 4.79 Å². The predicted molar refractivity (Wildman–Crippen MR) is 101 cm³/mol. The second-order valence-corrected chi connectivity index (χ2v) is 6.63. The molecule has 24 heavy (non-hydrogen) atoms. The van der Waals surface area contributed by atoms with Gasteiger partial charge in [0.15, 0.2) is 6.23 Å². The van der Waals surface area contributed by atoms with Crippen LogP contribution in [0.25, 0.3) is 0 Å². The van der Waals surface area contributed by atoms with E-state index in [0.717, 1.165) is 44.5 Å². The van der Waals surface area contributed by atoms with Crippen LogP contribution in [0.2, 0.25) is 0 Å². The molecule has 0 spiro atoms. The summed E-state index contributed by atoms with van der Waals surface area (Å²) >= 11 is 0. The van der Waals surface area contributed by atoms with Gasteiger partial charge < -0.3 is 15.0 Å². The molecule has 4 nitrogen and oxygen atoms in total. The maximum absolute atomic E-state index is 12.4. The fourth-order valence-electron chi connectivity index (χ4n) is 2.44. The van der Waals surface area contributed by atoms with E-state index in [4.69, 9.17) is 4.74 Å². The van der Waals surface area contributed by atoms with Crippen LogP contribution in [0.4, 0.5) is 4.79 Å². The highest BCUT2D eigenvalue weighted by Gasteiger charge is 2.15. The number of nitrogens with zero attached hydrogens (tertiary/aromatic N) is 1. The first kappa shape index (κ1) is 20.3. The summed E-state index contributed by atoms with van der Waals surface area (Å²) in [6.45, 7) is 12.1. The fraction of sp³-hybridized carbons (Fsp3) is 0.650. The lowest BCUT2D eigenvalue weighted by molar-refractivity contribution is 0.152. The Labute approximate surface area is 147 Å². The lowest BCUT2D eigenvalue weighted by Gasteiger charge is -2.25. The molecule has 0 aliphatic rings. The van der Waals surface area contributed by atoms with Crippen molar-refractivity contribution in [2.24, 2.45) is 0 Å². The summed E-state index contributed by atoms with van der Waals surface area (Å²) in [6, 6.07) is 8.03. The van der Waals surface area contributed by atoms with Gasteiger partial charge in [0, 0.05) is 13.1 Å². The zero-order valence-electron chi connectivity index (χ0n) is 16.0. The zero-order chi connectivity index (χ0) is 17.9. The molecule has 0 saturated carbocycles. The van der Waals surface area contributed by atoms with Crippen LogP contribution in [-0.2, 0) is 0 Å². The lowest BCUT2D eigenvalue weighted by Crippen LogP contribution is -2.46. The molecule has 1 aromatic rings. The first-order valence-electron chi connectivity index (χ1n) is 9.29. The summed E-state index contributed by atoms with van der Waals surface area (Å²) in [5.41, 5.74) is 1.28. The first-order valence-corrected chi connectivity index (χ1v) is 9.29. The van der Waals surface area contributed by atoms with Crippen molar-refractivity contribution < 1.29 is 9.53 Å². The molecular weight excluding hydrogens is 300 g/mol. The van der Waals surface area contributed by atoms with E-state index in [-0.39, 0.29) is 12.3 Å². The predicted octanol–water partition coefficient (Wildman–Crippen LogP) is 5.15. The molecule has 1 N–H and O–H groups in total. The van der Waals surface area contributed by atoms with Crippen LogP contribution < -0.4 is 10.1 Å². The fourth-order valence-corrected chi connectivity index (χ4v) is 2.44. The topological polar surface area (TPSA) is 41.6 Å². The van der Waals surface area contributed by atoms with Gasteiger partial charge in [-0.2, -0.15) is 0 Å². The number of nitrogens with one attached hydrogen (secondary N) is 1. The van der Waals surface area contributed by atoms with E-state index in [1.165, 1.54) is 5.56 Å². The van der Waals surface area contributed by atoms with Crippen LogP contribution in [-0.4, -0.2) is 30.2 Å². The van der Waals surface area contributed by atoms with E-state index in [0.29, 0.717) is 5.92 Å².